The normalized spacial score (nSPS) is 12.7. The van der Waals surface area contributed by atoms with Gasteiger partial charge in [0.15, 0.2) is 0 Å². The summed E-state index contributed by atoms with van der Waals surface area (Å²) in [6, 6.07) is 20.4. The second kappa shape index (κ2) is 5.55. The van der Waals surface area contributed by atoms with Gasteiger partial charge in [-0.05, 0) is 21.3 Å². The predicted octanol–water partition coefficient (Wildman–Crippen LogP) is 3.17. The standard InChI is InChI=1S/C18H24OSi/c1-15(2)18(3,4)20(19,16-11-7-5-8-12-16)17-13-9-6-10-14-17/h5-15,19H,1-4H3. The molecule has 0 amide bonds. The van der Waals surface area contributed by atoms with Crippen LogP contribution < -0.4 is 10.4 Å². The minimum Gasteiger partial charge on any atom is -0.424 e. The van der Waals surface area contributed by atoms with Crippen LogP contribution in [0.2, 0.25) is 5.04 Å². The Morgan fingerprint density at radius 3 is 1.45 bits per heavy atom. The van der Waals surface area contributed by atoms with E-state index in [0.29, 0.717) is 5.92 Å². The molecule has 0 saturated carbocycles. The molecule has 2 heteroatoms. The average Bonchev–Trinajstić information content (AvgIpc) is 2.48. The summed E-state index contributed by atoms with van der Waals surface area (Å²) >= 11 is 0. The van der Waals surface area contributed by atoms with Gasteiger partial charge in [-0.15, -0.1) is 0 Å². The predicted molar refractivity (Wildman–Crippen MR) is 89.0 cm³/mol. The lowest BCUT2D eigenvalue weighted by Gasteiger charge is -2.44. The van der Waals surface area contributed by atoms with Gasteiger partial charge in [-0.1, -0.05) is 88.4 Å². The molecule has 0 aliphatic rings. The molecule has 0 aromatic heterocycles. The van der Waals surface area contributed by atoms with E-state index in [9.17, 15) is 4.80 Å². The molecule has 2 aromatic carbocycles. The lowest BCUT2D eigenvalue weighted by molar-refractivity contribution is 0.399. The molecular formula is C18H24OSi. The first-order valence-electron chi connectivity index (χ1n) is 7.24. The van der Waals surface area contributed by atoms with Crippen molar-refractivity contribution in [1.82, 2.24) is 0 Å². The molecule has 0 unspecified atom stereocenters. The molecule has 0 bridgehead atoms. The summed E-state index contributed by atoms with van der Waals surface area (Å²) in [5.41, 5.74) is 0. The molecule has 2 rings (SSSR count). The van der Waals surface area contributed by atoms with Crippen LogP contribution in [0.15, 0.2) is 60.7 Å². The molecule has 0 saturated heterocycles. The van der Waals surface area contributed by atoms with Gasteiger partial charge in [-0.25, -0.2) is 0 Å². The summed E-state index contributed by atoms with van der Waals surface area (Å²) in [6.07, 6.45) is 0. The van der Waals surface area contributed by atoms with Crippen molar-refractivity contribution in [2.45, 2.75) is 32.7 Å². The van der Waals surface area contributed by atoms with Crippen molar-refractivity contribution >= 4 is 18.7 Å². The summed E-state index contributed by atoms with van der Waals surface area (Å²) in [7, 11) is -2.79. The van der Waals surface area contributed by atoms with Gasteiger partial charge in [0.2, 0.25) is 0 Å². The lowest BCUT2D eigenvalue weighted by Crippen LogP contribution is -2.66. The molecule has 2 aromatic rings. The Morgan fingerprint density at radius 1 is 0.800 bits per heavy atom. The smallest absolute Gasteiger partial charge is 0.258 e. The minimum absolute atomic E-state index is 0.143. The monoisotopic (exact) mass is 284 g/mol. The molecule has 0 atom stereocenters. The van der Waals surface area contributed by atoms with Crippen LogP contribution in [0.25, 0.3) is 0 Å². The number of hydrogen-bond donors (Lipinski definition) is 1. The van der Waals surface area contributed by atoms with Crippen LogP contribution in [-0.4, -0.2) is 13.1 Å². The molecule has 0 heterocycles. The maximum Gasteiger partial charge on any atom is 0.258 e. The zero-order chi connectivity index (χ0) is 14.8. The summed E-state index contributed by atoms with van der Waals surface area (Å²) < 4.78 is 0. The molecule has 0 spiro atoms. The molecule has 0 aliphatic carbocycles. The van der Waals surface area contributed by atoms with Gasteiger partial charge in [0.25, 0.3) is 8.32 Å². The first-order valence-corrected chi connectivity index (χ1v) is 9.19. The zero-order valence-corrected chi connectivity index (χ0v) is 13.8. The van der Waals surface area contributed by atoms with Gasteiger partial charge < -0.3 is 4.80 Å². The van der Waals surface area contributed by atoms with Crippen molar-refractivity contribution in [3.8, 4) is 0 Å². The van der Waals surface area contributed by atoms with Gasteiger partial charge >= 0.3 is 0 Å². The Bertz CT molecular complexity index is 507. The van der Waals surface area contributed by atoms with E-state index in [2.05, 4.69) is 52.0 Å². The van der Waals surface area contributed by atoms with Crippen LogP contribution >= 0.6 is 0 Å². The molecule has 1 nitrogen and oxygen atoms in total. The maximum absolute atomic E-state index is 11.8. The van der Waals surface area contributed by atoms with E-state index in [4.69, 9.17) is 0 Å². The molecular weight excluding hydrogens is 260 g/mol. The van der Waals surface area contributed by atoms with Gasteiger partial charge in [0.05, 0.1) is 0 Å². The molecule has 106 valence electrons. The van der Waals surface area contributed by atoms with Crippen molar-refractivity contribution in [2.24, 2.45) is 5.92 Å². The lowest BCUT2D eigenvalue weighted by atomic mass is 9.99. The van der Waals surface area contributed by atoms with Crippen LogP contribution in [0.1, 0.15) is 27.7 Å². The van der Waals surface area contributed by atoms with Gasteiger partial charge in [0.1, 0.15) is 0 Å². The zero-order valence-electron chi connectivity index (χ0n) is 12.8. The summed E-state index contributed by atoms with van der Waals surface area (Å²) in [6.45, 7) is 8.79. The highest BCUT2D eigenvalue weighted by molar-refractivity contribution is 6.98. The van der Waals surface area contributed by atoms with Crippen LogP contribution in [0.4, 0.5) is 0 Å². The van der Waals surface area contributed by atoms with E-state index in [0.717, 1.165) is 10.4 Å². The quantitative estimate of drug-likeness (QED) is 0.855. The van der Waals surface area contributed by atoms with E-state index < -0.39 is 8.32 Å². The highest BCUT2D eigenvalue weighted by atomic mass is 28.4. The molecule has 0 fully saturated rings. The largest absolute Gasteiger partial charge is 0.424 e. The summed E-state index contributed by atoms with van der Waals surface area (Å²) in [4.78, 5) is 11.8. The van der Waals surface area contributed by atoms with Crippen LogP contribution in [0.3, 0.4) is 0 Å². The van der Waals surface area contributed by atoms with E-state index in [1.165, 1.54) is 0 Å². The maximum atomic E-state index is 11.8. The second-order valence-electron chi connectivity index (χ2n) is 6.32. The summed E-state index contributed by atoms with van der Waals surface area (Å²) in [5, 5.41) is 2.03. The Morgan fingerprint density at radius 2 is 1.15 bits per heavy atom. The fraction of sp³-hybridized carbons (Fsp3) is 0.333. The van der Waals surface area contributed by atoms with E-state index in [1.54, 1.807) is 0 Å². The molecule has 20 heavy (non-hydrogen) atoms. The Balaban J connectivity index is 2.68. The average molecular weight is 284 g/mol. The van der Waals surface area contributed by atoms with Crippen molar-refractivity contribution in [1.29, 1.82) is 0 Å². The highest BCUT2D eigenvalue weighted by Gasteiger charge is 2.51. The van der Waals surface area contributed by atoms with Crippen molar-refractivity contribution in [3.63, 3.8) is 0 Å². The fourth-order valence-electron chi connectivity index (χ4n) is 2.69. The third-order valence-electron chi connectivity index (χ3n) is 4.76. The van der Waals surface area contributed by atoms with Gasteiger partial charge in [-0.2, -0.15) is 0 Å². The van der Waals surface area contributed by atoms with Gasteiger partial charge in [-0.3, -0.25) is 0 Å². The number of hydrogen-bond acceptors (Lipinski definition) is 1. The van der Waals surface area contributed by atoms with E-state index in [1.807, 2.05) is 36.4 Å². The second-order valence-corrected chi connectivity index (χ2v) is 10.2. The topological polar surface area (TPSA) is 20.2 Å². The van der Waals surface area contributed by atoms with Crippen molar-refractivity contribution < 1.29 is 4.80 Å². The Hall–Kier alpha value is -1.38. The van der Waals surface area contributed by atoms with E-state index >= 15 is 0 Å². The number of benzene rings is 2. The minimum atomic E-state index is -2.79. The van der Waals surface area contributed by atoms with Crippen LogP contribution in [0, 0.1) is 5.92 Å². The molecule has 0 radical (unpaired) electrons. The van der Waals surface area contributed by atoms with Crippen molar-refractivity contribution in [2.75, 3.05) is 0 Å². The number of rotatable bonds is 4. The highest BCUT2D eigenvalue weighted by Crippen LogP contribution is 2.42. The SMILES string of the molecule is CC(C)C(C)(C)[Si](O)(c1ccccc1)c1ccccc1. The third-order valence-corrected chi connectivity index (χ3v) is 9.54. The first-order chi connectivity index (χ1) is 9.40. The fourth-order valence-corrected chi connectivity index (χ4v) is 6.69. The first kappa shape index (κ1) is 15.0. The Labute approximate surface area is 123 Å². The third kappa shape index (κ3) is 2.34. The van der Waals surface area contributed by atoms with E-state index in [-0.39, 0.29) is 5.04 Å². The van der Waals surface area contributed by atoms with Crippen molar-refractivity contribution in [3.05, 3.63) is 60.7 Å². The van der Waals surface area contributed by atoms with Gasteiger partial charge in [0, 0.05) is 0 Å². The molecule has 0 aliphatic heterocycles. The van der Waals surface area contributed by atoms with Crippen LogP contribution in [-0.2, 0) is 0 Å². The summed E-state index contributed by atoms with van der Waals surface area (Å²) in [5.74, 6) is 0.402. The molecule has 1 N–H and O–H groups in total. The van der Waals surface area contributed by atoms with Crippen LogP contribution in [0.5, 0.6) is 0 Å². The Kier molecular flexibility index (Phi) is 4.16.